The summed E-state index contributed by atoms with van der Waals surface area (Å²) in [6.45, 7) is 1.84. The summed E-state index contributed by atoms with van der Waals surface area (Å²) in [6.07, 6.45) is -0.729. The summed E-state index contributed by atoms with van der Waals surface area (Å²) in [7, 11) is 0. The van der Waals surface area contributed by atoms with Gasteiger partial charge in [0.15, 0.2) is 23.4 Å². The highest BCUT2D eigenvalue weighted by atomic mass is 16.7. The molecule has 0 saturated carbocycles. The molecule has 4 rings (SSSR count). The molecule has 1 aliphatic rings. The van der Waals surface area contributed by atoms with Crippen molar-refractivity contribution in [2.45, 2.75) is 19.6 Å². The fraction of sp³-hybridized carbons (Fsp3) is 0.200. The number of aromatic nitrogens is 1. The van der Waals surface area contributed by atoms with E-state index in [2.05, 4.69) is 5.16 Å². The maximum atomic E-state index is 12.1. The van der Waals surface area contributed by atoms with Crippen molar-refractivity contribution in [3.8, 4) is 28.6 Å². The fourth-order valence-electron chi connectivity index (χ4n) is 2.58. The Balaban J connectivity index is 1.35. The SMILES string of the molecule is C[C@H](Oc1ccccc1)C(=O)OCc1cc(-c2ccc3c(c2)OCO3)on1. The molecule has 138 valence electrons. The highest BCUT2D eigenvalue weighted by Gasteiger charge is 2.19. The first-order chi connectivity index (χ1) is 13.2. The topological polar surface area (TPSA) is 80.0 Å². The van der Waals surface area contributed by atoms with Gasteiger partial charge in [0.05, 0.1) is 0 Å². The minimum atomic E-state index is -0.729. The number of esters is 1. The van der Waals surface area contributed by atoms with Crippen LogP contribution in [0.4, 0.5) is 0 Å². The maximum Gasteiger partial charge on any atom is 0.347 e. The summed E-state index contributed by atoms with van der Waals surface area (Å²) in [6, 6.07) is 16.3. The van der Waals surface area contributed by atoms with Crippen molar-refractivity contribution in [2.75, 3.05) is 6.79 Å². The van der Waals surface area contributed by atoms with Crippen LogP contribution in [0, 0.1) is 0 Å². The summed E-state index contributed by atoms with van der Waals surface area (Å²) >= 11 is 0. The first kappa shape index (κ1) is 17.0. The van der Waals surface area contributed by atoms with Gasteiger partial charge in [0.25, 0.3) is 0 Å². The molecule has 3 aromatic rings. The third kappa shape index (κ3) is 3.87. The second kappa shape index (κ2) is 7.41. The molecule has 0 N–H and O–H groups in total. The van der Waals surface area contributed by atoms with E-state index in [4.69, 9.17) is 23.5 Å². The molecule has 0 spiro atoms. The van der Waals surface area contributed by atoms with Gasteiger partial charge in [-0.3, -0.25) is 0 Å². The highest BCUT2D eigenvalue weighted by Crippen LogP contribution is 2.36. The molecular weight excluding hydrogens is 350 g/mol. The maximum absolute atomic E-state index is 12.1. The molecule has 0 radical (unpaired) electrons. The first-order valence-corrected chi connectivity index (χ1v) is 8.43. The average Bonchev–Trinajstić information content (AvgIpc) is 3.35. The van der Waals surface area contributed by atoms with Crippen molar-refractivity contribution in [3.63, 3.8) is 0 Å². The predicted molar refractivity (Wildman–Crippen MR) is 94.4 cm³/mol. The minimum Gasteiger partial charge on any atom is -0.479 e. The normalized spacial score (nSPS) is 13.2. The van der Waals surface area contributed by atoms with Crippen LogP contribution in [0.3, 0.4) is 0 Å². The van der Waals surface area contributed by atoms with Crippen LogP contribution < -0.4 is 14.2 Å². The second-order valence-electron chi connectivity index (χ2n) is 5.93. The summed E-state index contributed by atoms with van der Waals surface area (Å²) in [5.74, 6) is 2.02. The van der Waals surface area contributed by atoms with Gasteiger partial charge in [0, 0.05) is 11.6 Å². The van der Waals surface area contributed by atoms with Gasteiger partial charge in [-0.2, -0.15) is 0 Å². The minimum absolute atomic E-state index is 0.00459. The smallest absolute Gasteiger partial charge is 0.347 e. The summed E-state index contributed by atoms with van der Waals surface area (Å²) in [5, 5.41) is 3.94. The molecule has 0 amide bonds. The van der Waals surface area contributed by atoms with E-state index in [-0.39, 0.29) is 13.4 Å². The van der Waals surface area contributed by atoms with Crippen molar-refractivity contribution < 1.29 is 28.3 Å². The van der Waals surface area contributed by atoms with Crippen LogP contribution in [0.15, 0.2) is 59.1 Å². The van der Waals surface area contributed by atoms with Gasteiger partial charge in [-0.25, -0.2) is 4.79 Å². The number of hydrogen-bond acceptors (Lipinski definition) is 7. The predicted octanol–water partition coefficient (Wildman–Crippen LogP) is 3.58. The number of ether oxygens (including phenoxy) is 4. The molecule has 0 unspecified atom stereocenters. The zero-order valence-electron chi connectivity index (χ0n) is 14.6. The Morgan fingerprint density at radius 1 is 1.11 bits per heavy atom. The monoisotopic (exact) mass is 367 g/mol. The number of hydrogen-bond donors (Lipinski definition) is 0. The van der Waals surface area contributed by atoms with Gasteiger partial charge >= 0.3 is 5.97 Å². The fourth-order valence-corrected chi connectivity index (χ4v) is 2.58. The molecule has 1 atom stereocenters. The van der Waals surface area contributed by atoms with Crippen molar-refractivity contribution in [2.24, 2.45) is 0 Å². The van der Waals surface area contributed by atoms with Crippen molar-refractivity contribution in [1.82, 2.24) is 5.16 Å². The molecular formula is C20H17NO6. The standard InChI is InChI=1S/C20H17NO6/c1-13(26-16-5-3-2-4-6-16)20(22)23-11-15-10-18(27-21-15)14-7-8-17-19(9-14)25-12-24-17/h2-10,13H,11-12H2,1H3/t13-/m0/s1. The van der Waals surface area contributed by atoms with Gasteiger partial charge < -0.3 is 23.5 Å². The number of para-hydroxylation sites is 1. The van der Waals surface area contributed by atoms with Gasteiger partial charge in [0.2, 0.25) is 6.79 Å². The van der Waals surface area contributed by atoms with Crippen LogP contribution in [0.25, 0.3) is 11.3 Å². The number of carbonyl (C=O) groups is 1. The molecule has 2 aromatic carbocycles. The Bertz CT molecular complexity index is 937. The van der Waals surface area contributed by atoms with Gasteiger partial charge in [-0.15, -0.1) is 0 Å². The van der Waals surface area contributed by atoms with E-state index in [1.165, 1.54) is 0 Å². The average molecular weight is 367 g/mol. The number of rotatable bonds is 6. The largest absolute Gasteiger partial charge is 0.479 e. The Kier molecular flexibility index (Phi) is 4.65. The Hall–Kier alpha value is -3.48. The van der Waals surface area contributed by atoms with E-state index in [0.29, 0.717) is 28.7 Å². The number of benzene rings is 2. The zero-order valence-corrected chi connectivity index (χ0v) is 14.6. The van der Waals surface area contributed by atoms with E-state index in [1.807, 2.05) is 36.4 Å². The molecule has 0 fully saturated rings. The third-order valence-corrected chi connectivity index (χ3v) is 3.97. The Morgan fingerprint density at radius 2 is 1.93 bits per heavy atom. The summed E-state index contributed by atoms with van der Waals surface area (Å²) < 4.78 is 26.8. The molecule has 7 nitrogen and oxygen atoms in total. The lowest BCUT2D eigenvalue weighted by atomic mass is 10.1. The molecule has 0 aliphatic carbocycles. The molecule has 27 heavy (non-hydrogen) atoms. The lowest BCUT2D eigenvalue weighted by Gasteiger charge is -2.13. The van der Waals surface area contributed by atoms with Crippen LogP contribution in [0.1, 0.15) is 12.6 Å². The quantitative estimate of drug-likeness (QED) is 0.616. The van der Waals surface area contributed by atoms with Crippen molar-refractivity contribution in [1.29, 1.82) is 0 Å². The molecule has 0 bridgehead atoms. The van der Waals surface area contributed by atoms with E-state index in [9.17, 15) is 4.79 Å². The molecule has 1 aliphatic heterocycles. The molecule has 7 heteroatoms. The van der Waals surface area contributed by atoms with Crippen LogP contribution in [0.2, 0.25) is 0 Å². The summed E-state index contributed by atoms with van der Waals surface area (Å²) in [4.78, 5) is 12.1. The van der Waals surface area contributed by atoms with E-state index in [0.717, 1.165) is 5.56 Å². The highest BCUT2D eigenvalue weighted by molar-refractivity contribution is 5.74. The lowest BCUT2D eigenvalue weighted by Crippen LogP contribution is -2.26. The second-order valence-corrected chi connectivity index (χ2v) is 5.93. The molecule has 1 aromatic heterocycles. The van der Waals surface area contributed by atoms with E-state index < -0.39 is 12.1 Å². The Labute approximate surface area is 155 Å². The number of carbonyl (C=O) groups excluding carboxylic acids is 1. The van der Waals surface area contributed by atoms with Gasteiger partial charge in [-0.1, -0.05) is 23.4 Å². The molecule has 2 heterocycles. The first-order valence-electron chi connectivity index (χ1n) is 8.43. The zero-order chi connectivity index (χ0) is 18.6. The third-order valence-electron chi connectivity index (χ3n) is 3.97. The molecule has 0 saturated heterocycles. The number of nitrogens with zero attached hydrogens (tertiary/aromatic N) is 1. The number of fused-ring (bicyclic) bond motifs is 1. The van der Waals surface area contributed by atoms with Crippen LogP contribution in [-0.2, 0) is 16.1 Å². The van der Waals surface area contributed by atoms with Gasteiger partial charge in [-0.05, 0) is 37.3 Å². The van der Waals surface area contributed by atoms with Crippen LogP contribution >= 0.6 is 0 Å². The van der Waals surface area contributed by atoms with E-state index >= 15 is 0 Å². The summed E-state index contributed by atoms with van der Waals surface area (Å²) in [5.41, 5.74) is 1.30. The van der Waals surface area contributed by atoms with Crippen molar-refractivity contribution in [3.05, 3.63) is 60.3 Å². The lowest BCUT2D eigenvalue weighted by molar-refractivity contribution is -0.152. The van der Waals surface area contributed by atoms with E-state index in [1.54, 1.807) is 25.1 Å². The van der Waals surface area contributed by atoms with Crippen molar-refractivity contribution >= 4 is 5.97 Å². The Morgan fingerprint density at radius 3 is 2.78 bits per heavy atom. The van der Waals surface area contributed by atoms with Crippen LogP contribution in [0.5, 0.6) is 17.2 Å². The van der Waals surface area contributed by atoms with Gasteiger partial charge in [0.1, 0.15) is 18.1 Å². The van der Waals surface area contributed by atoms with Crippen LogP contribution in [-0.4, -0.2) is 24.0 Å².